The molecule has 0 atom stereocenters. The average molecular weight is 537 g/mol. The van der Waals surface area contributed by atoms with Crippen molar-refractivity contribution < 1.29 is 4.42 Å². The average Bonchev–Trinajstić information content (AvgIpc) is 3.59. The molecule has 3 heteroatoms. The molecule has 0 bridgehead atoms. The van der Waals surface area contributed by atoms with Crippen molar-refractivity contribution in [1.82, 2.24) is 9.55 Å². The molecule has 0 radical (unpaired) electrons. The third-order valence-corrected chi connectivity index (χ3v) is 8.44. The minimum absolute atomic E-state index is 0.909. The zero-order valence-corrected chi connectivity index (χ0v) is 22.7. The standard InChI is InChI=1S/C39H24N2O/c1-2-8-26-21-27(13-12-25(26)7-1)30-14-17-31-33-22-28(15-18-35(33)41(36(31)24-30)39-11-5-6-20-40-39)29-16-19-38-34(23-29)32-9-3-4-10-37(32)42-38/h1-24H. The number of furan rings is 1. The Balaban J connectivity index is 1.26. The number of nitrogens with zero attached hydrogens (tertiary/aromatic N) is 2. The number of rotatable bonds is 3. The van der Waals surface area contributed by atoms with Gasteiger partial charge >= 0.3 is 0 Å². The molecule has 0 aliphatic rings. The van der Waals surface area contributed by atoms with Crippen LogP contribution in [0.1, 0.15) is 0 Å². The van der Waals surface area contributed by atoms with Gasteiger partial charge in [0, 0.05) is 27.7 Å². The van der Waals surface area contributed by atoms with Crippen LogP contribution >= 0.6 is 0 Å². The van der Waals surface area contributed by atoms with Gasteiger partial charge in [-0.15, -0.1) is 0 Å². The molecule has 42 heavy (non-hydrogen) atoms. The maximum atomic E-state index is 6.08. The van der Waals surface area contributed by atoms with Crippen LogP contribution in [-0.2, 0) is 0 Å². The number of pyridine rings is 1. The topological polar surface area (TPSA) is 31.0 Å². The SMILES string of the molecule is c1ccc(-n2c3ccc(-c4ccc5oc6ccccc6c5c4)cc3c3ccc(-c4ccc5ccccc5c4)cc32)nc1. The highest BCUT2D eigenvalue weighted by molar-refractivity contribution is 6.12. The predicted molar refractivity (Wildman–Crippen MR) is 174 cm³/mol. The molecule has 3 aromatic heterocycles. The number of aromatic nitrogens is 2. The number of fused-ring (bicyclic) bond motifs is 7. The van der Waals surface area contributed by atoms with Crippen molar-refractivity contribution in [3.8, 4) is 28.1 Å². The van der Waals surface area contributed by atoms with Gasteiger partial charge in [-0.05, 0) is 87.6 Å². The first kappa shape index (κ1) is 23.1. The summed E-state index contributed by atoms with van der Waals surface area (Å²) in [6.07, 6.45) is 1.86. The molecule has 9 aromatic rings. The van der Waals surface area contributed by atoms with Crippen LogP contribution in [0.5, 0.6) is 0 Å². The zero-order valence-electron chi connectivity index (χ0n) is 22.7. The quantitative estimate of drug-likeness (QED) is 0.225. The molecule has 6 aromatic carbocycles. The van der Waals surface area contributed by atoms with Crippen LogP contribution in [0.2, 0.25) is 0 Å². The van der Waals surface area contributed by atoms with Crippen LogP contribution in [-0.4, -0.2) is 9.55 Å². The lowest BCUT2D eigenvalue weighted by Crippen LogP contribution is -1.96. The van der Waals surface area contributed by atoms with E-state index in [0.29, 0.717) is 0 Å². The number of hydrogen-bond donors (Lipinski definition) is 0. The van der Waals surface area contributed by atoms with Crippen LogP contribution in [0.3, 0.4) is 0 Å². The van der Waals surface area contributed by atoms with Crippen molar-refractivity contribution >= 4 is 54.5 Å². The smallest absolute Gasteiger partial charge is 0.137 e. The minimum atomic E-state index is 0.909. The van der Waals surface area contributed by atoms with Gasteiger partial charge < -0.3 is 4.42 Å². The lowest BCUT2D eigenvalue weighted by molar-refractivity contribution is 0.669. The van der Waals surface area contributed by atoms with Gasteiger partial charge in [0.05, 0.1) is 11.0 Å². The van der Waals surface area contributed by atoms with Crippen LogP contribution in [0, 0.1) is 0 Å². The van der Waals surface area contributed by atoms with Crippen molar-refractivity contribution in [2.24, 2.45) is 0 Å². The fourth-order valence-electron chi connectivity index (χ4n) is 6.39. The van der Waals surface area contributed by atoms with E-state index in [0.717, 1.165) is 38.8 Å². The summed E-state index contributed by atoms with van der Waals surface area (Å²) in [5.41, 5.74) is 8.84. The van der Waals surface area contributed by atoms with Crippen LogP contribution in [0.25, 0.3) is 82.6 Å². The Morgan fingerprint density at radius 3 is 2.02 bits per heavy atom. The second-order valence-electron chi connectivity index (χ2n) is 10.9. The first-order valence-electron chi connectivity index (χ1n) is 14.2. The van der Waals surface area contributed by atoms with Crippen molar-refractivity contribution in [2.45, 2.75) is 0 Å². The van der Waals surface area contributed by atoms with Gasteiger partial charge in [0.1, 0.15) is 17.0 Å². The van der Waals surface area contributed by atoms with E-state index in [1.54, 1.807) is 0 Å². The van der Waals surface area contributed by atoms with E-state index >= 15 is 0 Å². The Bertz CT molecular complexity index is 2470. The van der Waals surface area contributed by atoms with Crippen molar-refractivity contribution in [1.29, 1.82) is 0 Å². The van der Waals surface area contributed by atoms with E-state index in [9.17, 15) is 0 Å². The van der Waals surface area contributed by atoms with Gasteiger partial charge in [-0.3, -0.25) is 4.57 Å². The van der Waals surface area contributed by atoms with E-state index in [1.165, 1.54) is 43.8 Å². The summed E-state index contributed by atoms with van der Waals surface area (Å²) in [6, 6.07) is 49.6. The summed E-state index contributed by atoms with van der Waals surface area (Å²) in [5, 5.41) is 7.18. The van der Waals surface area contributed by atoms with Gasteiger partial charge in [-0.25, -0.2) is 4.98 Å². The Morgan fingerprint density at radius 2 is 1.12 bits per heavy atom. The molecule has 0 unspecified atom stereocenters. The second-order valence-corrected chi connectivity index (χ2v) is 10.9. The highest BCUT2D eigenvalue weighted by Crippen LogP contribution is 2.38. The van der Waals surface area contributed by atoms with Gasteiger partial charge in [0.15, 0.2) is 0 Å². The number of benzene rings is 6. The van der Waals surface area contributed by atoms with Crippen molar-refractivity contribution in [3.63, 3.8) is 0 Å². The maximum absolute atomic E-state index is 6.08. The molecule has 3 heterocycles. The highest BCUT2D eigenvalue weighted by atomic mass is 16.3. The summed E-state index contributed by atoms with van der Waals surface area (Å²) < 4.78 is 8.37. The molecule has 0 N–H and O–H groups in total. The summed E-state index contributed by atoms with van der Waals surface area (Å²) >= 11 is 0. The molecule has 0 saturated carbocycles. The van der Waals surface area contributed by atoms with Crippen molar-refractivity contribution in [3.05, 3.63) is 146 Å². The van der Waals surface area contributed by atoms with Crippen LogP contribution in [0.4, 0.5) is 0 Å². The highest BCUT2D eigenvalue weighted by Gasteiger charge is 2.16. The summed E-state index contributed by atoms with van der Waals surface area (Å²) in [5.74, 6) is 0.909. The predicted octanol–water partition coefficient (Wildman–Crippen LogP) is 10.6. The van der Waals surface area contributed by atoms with Crippen LogP contribution < -0.4 is 0 Å². The normalized spacial score (nSPS) is 11.8. The molecule has 0 aliphatic carbocycles. The van der Waals surface area contributed by atoms with E-state index in [2.05, 4.69) is 120 Å². The molecular formula is C39H24N2O. The Labute approximate surface area is 241 Å². The molecule has 9 rings (SSSR count). The minimum Gasteiger partial charge on any atom is -0.456 e. The summed E-state index contributed by atoms with van der Waals surface area (Å²) in [7, 11) is 0. The largest absolute Gasteiger partial charge is 0.456 e. The molecule has 0 saturated heterocycles. The molecule has 0 spiro atoms. The first-order valence-corrected chi connectivity index (χ1v) is 14.2. The molecule has 0 aliphatic heterocycles. The fourth-order valence-corrected chi connectivity index (χ4v) is 6.39. The molecule has 196 valence electrons. The van der Waals surface area contributed by atoms with E-state index in [4.69, 9.17) is 9.40 Å². The van der Waals surface area contributed by atoms with E-state index < -0.39 is 0 Å². The lowest BCUT2D eigenvalue weighted by atomic mass is 9.99. The number of hydrogen-bond acceptors (Lipinski definition) is 2. The van der Waals surface area contributed by atoms with E-state index in [1.807, 2.05) is 30.5 Å². The Hall–Kier alpha value is -5.67. The van der Waals surface area contributed by atoms with Gasteiger partial charge in [-0.1, -0.05) is 84.9 Å². The third kappa shape index (κ3) is 3.50. The fraction of sp³-hybridized carbons (Fsp3) is 0. The molecule has 0 amide bonds. The maximum Gasteiger partial charge on any atom is 0.137 e. The summed E-state index contributed by atoms with van der Waals surface area (Å²) in [4.78, 5) is 4.76. The third-order valence-electron chi connectivity index (χ3n) is 8.44. The van der Waals surface area contributed by atoms with Gasteiger partial charge in [-0.2, -0.15) is 0 Å². The van der Waals surface area contributed by atoms with Gasteiger partial charge in [0.25, 0.3) is 0 Å². The Morgan fingerprint density at radius 1 is 0.429 bits per heavy atom. The molecule has 0 fully saturated rings. The Kier molecular flexibility index (Phi) is 4.90. The summed E-state index contributed by atoms with van der Waals surface area (Å²) in [6.45, 7) is 0. The molecule has 3 nitrogen and oxygen atoms in total. The molecular weight excluding hydrogens is 512 g/mol. The lowest BCUT2D eigenvalue weighted by Gasteiger charge is -2.09. The van der Waals surface area contributed by atoms with Crippen LogP contribution in [0.15, 0.2) is 150 Å². The second kappa shape index (κ2) is 8.92. The number of para-hydroxylation sites is 1. The first-order chi connectivity index (χ1) is 20.8. The monoisotopic (exact) mass is 536 g/mol. The van der Waals surface area contributed by atoms with E-state index in [-0.39, 0.29) is 0 Å². The van der Waals surface area contributed by atoms with Crippen molar-refractivity contribution in [2.75, 3.05) is 0 Å². The van der Waals surface area contributed by atoms with Gasteiger partial charge in [0.2, 0.25) is 0 Å². The zero-order chi connectivity index (χ0) is 27.6.